The van der Waals surface area contributed by atoms with Gasteiger partial charge in [0.25, 0.3) is 0 Å². The number of amides is 2. The van der Waals surface area contributed by atoms with Crippen molar-refractivity contribution < 1.29 is 31.1 Å². The topological polar surface area (TPSA) is 95.6 Å². The average Bonchev–Trinajstić information content (AvgIpc) is 3.16. The molecule has 0 fully saturated rings. The van der Waals surface area contributed by atoms with Crippen LogP contribution in [0.1, 0.15) is 11.1 Å². The first-order valence-electron chi connectivity index (χ1n) is 7.95. The summed E-state index contributed by atoms with van der Waals surface area (Å²) in [7, 11) is 0. The summed E-state index contributed by atoms with van der Waals surface area (Å²) in [6.45, 7) is 0. The summed E-state index contributed by atoms with van der Waals surface area (Å²) in [4.78, 5) is 12.2. The van der Waals surface area contributed by atoms with Crippen LogP contribution in [0, 0.1) is 0 Å². The lowest BCUT2D eigenvalue weighted by molar-refractivity contribution is -0.143. The molecule has 0 spiro atoms. The van der Waals surface area contributed by atoms with E-state index in [4.69, 9.17) is 23.2 Å². The third-order valence-corrected chi connectivity index (χ3v) is 4.36. The quantitative estimate of drug-likeness (QED) is 0.406. The van der Waals surface area contributed by atoms with Gasteiger partial charge in [-0.15, -0.1) is 10.2 Å². The van der Waals surface area contributed by atoms with Gasteiger partial charge in [0.15, 0.2) is 0 Å². The lowest BCUT2D eigenvalue weighted by Gasteiger charge is -2.15. The second-order valence-corrected chi connectivity index (χ2v) is 6.74. The third kappa shape index (κ3) is 5.35. The number of hydrogen-bond donors (Lipinski definition) is 3. The van der Waals surface area contributed by atoms with Crippen LogP contribution < -0.4 is 10.6 Å². The van der Waals surface area contributed by atoms with E-state index in [9.17, 15) is 31.1 Å². The minimum atomic E-state index is -5.06. The lowest BCUT2D eigenvalue weighted by atomic mass is 10.1. The van der Waals surface area contributed by atoms with Crippen molar-refractivity contribution in [1.29, 1.82) is 0 Å². The van der Waals surface area contributed by atoms with Crippen LogP contribution in [0.4, 0.5) is 42.5 Å². The minimum Gasteiger partial charge on any atom is -0.308 e. The van der Waals surface area contributed by atoms with E-state index in [1.165, 1.54) is 12.1 Å². The molecule has 0 saturated heterocycles. The zero-order chi connectivity index (χ0) is 23.0. The van der Waals surface area contributed by atoms with E-state index in [1.807, 2.05) is 5.32 Å². The first kappa shape index (κ1) is 22.6. The Morgan fingerprint density at radius 3 is 2.00 bits per heavy atom. The molecule has 0 bridgehead atoms. The molecule has 15 heteroatoms. The second kappa shape index (κ2) is 8.23. The van der Waals surface area contributed by atoms with Crippen molar-refractivity contribution in [2.75, 3.05) is 10.6 Å². The average molecular weight is 485 g/mol. The minimum absolute atomic E-state index is 0.0535. The number of rotatable bonds is 3. The number of aromatic nitrogens is 4. The molecule has 0 atom stereocenters. The van der Waals surface area contributed by atoms with Crippen LogP contribution in [0.3, 0.4) is 0 Å². The molecule has 31 heavy (non-hydrogen) atoms. The zero-order valence-corrected chi connectivity index (χ0v) is 16.2. The summed E-state index contributed by atoms with van der Waals surface area (Å²) in [6.07, 6.45) is -10.1. The molecule has 2 aromatic carbocycles. The van der Waals surface area contributed by atoms with Crippen LogP contribution in [0.5, 0.6) is 0 Å². The lowest BCUT2D eigenvalue weighted by Crippen LogP contribution is -2.21. The number of carbonyl (C=O) groups is 1. The van der Waals surface area contributed by atoms with Gasteiger partial charge in [-0.25, -0.2) is 4.79 Å². The van der Waals surface area contributed by atoms with E-state index in [0.717, 1.165) is 0 Å². The first-order chi connectivity index (χ1) is 14.3. The fourth-order valence-electron chi connectivity index (χ4n) is 2.40. The van der Waals surface area contributed by atoms with Crippen molar-refractivity contribution in [3.8, 4) is 11.4 Å². The molecule has 0 saturated carbocycles. The Hall–Kier alpha value is -3.06. The third-order valence-electron chi connectivity index (χ3n) is 3.74. The Morgan fingerprint density at radius 2 is 1.48 bits per heavy atom. The summed E-state index contributed by atoms with van der Waals surface area (Å²) < 4.78 is 77.7. The number of urea groups is 1. The van der Waals surface area contributed by atoms with Gasteiger partial charge in [-0.2, -0.15) is 31.6 Å². The van der Waals surface area contributed by atoms with E-state index in [0.29, 0.717) is 12.1 Å². The van der Waals surface area contributed by atoms with Gasteiger partial charge in [0.05, 0.1) is 26.9 Å². The molecule has 0 aliphatic carbocycles. The number of anilines is 2. The molecule has 0 aliphatic heterocycles. The van der Waals surface area contributed by atoms with Crippen LogP contribution in [-0.4, -0.2) is 26.7 Å². The number of alkyl halides is 6. The predicted octanol–water partition coefficient (Wildman–Crippen LogP) is 5.86. The number of H-pyrrole nitrogens is 1. The first-order valence-corrected chi connectivity index (χ1v) is 8.70. The van der Waals surface area contributed by atoms with E-state index >= 15 is 0 Å². The van der Waals surface area contributed by atoms with E-state index in [2.05, 4.69) is 25.9 Å². The van der Waals surface area contributed by atoms with E-state index in [1.54, 1.807) is 0 Å². The highest BCUT2D eigenvalue weighted by molar-refractivity contribution is 6.38. The van der Waals surface area contributed by atoms with Crippen LogP contribution in [0.15, 0.2) is 30.3 Å². The maximum absolute atomic E-state index is 12.9. The van der Waals surface area contributed by atoms with Crippen molar-refractivity contribution in [3.05, 3.63) is 51.5 Å². The maximum atomic E-state index is 12.9. The van der Waals surface area contributed by atoms with Crippen molar-refractivity contribution in [1.82, 2.24) is 20.6 Å². The van der Waals surface area contributed by atoms with Gasteiger partial charge in [-0.05, 0) is 35.5 Å². The van der Waals surface area contributed by atoms with Crippen LogP contribution in [-0.2, 0) is 12.4 Å². The standard InChI is InChI=1S/C16H8Cl2F6N6O/c17-10-5-11(18)12(4-9(10)13-27-29-30-28-13)26-14(31)25-8-2-6(15(19,20)21)1-7(3-8)16(22,23)24/h1-5H,(H2,25,26,31)(H,27,28,29,30). The number of nitrogens with one attached hydrogen (secondary N) is 3. The smallest absolute Gasteiger partial charge is 0.308 e. The largest absolute Gasteiger partial charge is 0.416 e. The van der Waals surface area contributed by atoms with Gasteiger partial charge in [0, 0.05) is 11.3 Å². The molecule has 1 aromatic heterocycles. The van der Waals surface area contributed by atoms with Gasteiger partial charge < -0.3 is 10.6 Å². The summed E-state index contributed by atoms with van der Waals surface area (Å²) in [5.41, 5.74) is -3.76. The Balaban J connectivity index is 1.88. The molecule has 0 unspecified atom stereocenters. The van der Waals surface area contributed by atoms with Gasteiger partial charge in [-0.1, -0.05) is 23.2 Å². The zero-order valence-electron chi connectivity index (χ0n) is 14.7. The fourth-order valence-corrected chi connectivity index (χ4v) is 2.92. The van der Waals surface area contributed by atoms with Crippen molar-refractivity contribution >= 4 is 40.6 Å². The molecule has 164 valence electrons. The molecule has 3 aromatic rings. The van der Waals surface area contributed by atoms with E-state index < -0.39 is 35.2 Å². The summed E-state index contributed by atoms with van der Waals surface area (Å²) >= 11 is 12.0. The van der Waals surface area contributed by atoms with Gasteiger partial charge in [-0.3, -0.25) is 0 Å². The summed E-state index contributed by atoms with van der Waals surface area (Å²) in [6, 6.07) is 2.00. The highest BCUT2D eigenvalue weighted by Gasteiger charge is 2.37. The number of aromatic amines is 1. The number of halogens is 8. The molecule has 0 aliphatic rings. The fraction of sp³-hybridized carbons (Fsp3) is 0.125. The van der Waals surface area contributed by atoms with Crippen molar-refractivity contribution in [2.45, 2.75) is 12.4 Å². The summed E-state index contributed by atoms with van der Waals surface area (Å²) in [5, 5.41) is 17.1. The predicted molar refractivity (Wildman–Crippen MR) is 98.7 cm³/mol. The molecule has 1 heterocycles. The van der Waals surface area contributed by atoms with Crippen LogP contribution in [0.2, 0.25) is 10.0 Å². The van der Waals surface area contributed by atoms with Gasteiger partial charge >= 0.3 is 18.4 Å². The number of tetrazole rings is 1. The normalized spacial score (nSPS) is 12.0. The summed E-state index contributed by atoms with van der Waals surface area (Å²) in [5.74, 6) is 0.0535. The number of hydrogen-bond acceptors (Lipinski definition) is 4. The highest BCUT2D eigenvalue weighted by atomic mass is 35.5. The van der Waals surface area contributed by atoms with Crippen LogP contribution in [0.25, 0.3) is 11.4 Å². The number of benzene rings is 2. The molecule has 3 N–H and O–H groups in total. The maximum Gasteiger partial charge on any atom is 0.416 e. The Bertz CT molecular complexity index is 1080. The number of carbonyl (C=O) groups excluding carboxylic acids is 1. The second-order valence-electron chi connectivity index (χ2n) is 5.92. The monoisotopic (exact) mass is 484 g/mol. The molecule has 3 rings (SSSR count). The Morgan fingerprint density at radius 1 is 0.871 bits per heavy atom. The molecular formula is C16H8Cl2F6N6O. The Labute approximate surface area is 178 Å². The molecule has 0 radical (unpaired) electrons. The van der Waals surface area contributed by atoms with Crippen molar-refractivity contribution in [2.24, 2.45) is 0 Å². The molecule has 2 amide bonds. The highest BCUT2D eigenvalue weighted by Crippen LogP contribution is 2.38. The van der Waals surface area contributed by atoms with Crippen molar-refractivity contribution in [3.63, 3.8) is 0 Å². The van der Waals surface area contributed by atoms with Gasteiger partial charge in [0.2, 0.25) is 5.82 Å². The molecular weight excluding hydrogens is 477 g/mol. The van der Waals surface area contributed by atoms with Gasteiger partial charge in [0.1, 0.15) is 0 Å². The van der Waals surface area contributed by atoms with E-state index in [-0.39, 0.29) is 33.2 Å². The molecule has 7 nitrogen and oxygen atoms in total. The SMILES string of the molecule is O=C(Nc1cc(C(F)(F)F)cc(C(F)(F)F)c1)Nc1cc(-c2nn[nH]n2)c(Cl)cc1Cl. The van der Waals surface area contributed by atoms with Crippen LogP contribution >= 0.6 is 23.2 Å². The number of nitrogens with zero attached hydrogens (tertiary/aromatic N) is 3. The Kier molecular flexibility index (Phi) is 6.00.